The zero-order valence-corrected chi connectivity index (χ0v) is 14.2. The van der Waals surface area contributed by atoms with Gasteiger partial charge in [0.1, 0.15) is 11.5 Å². The first kappa shape index (κ1) is 16.1. The molecule has 0 unspecified atom stereocenters. The lowest BCUT2D eigenvalue weighted by atomic mass is 10.2. The van der Waals surface area contributed by atoms with Crippen molar-refractivity contribution in [3.63, 3.8) is 0 Å². The number of amides is 1. The number of nitrogens with zero attached hydrogens (tertiary/aromatic N) is 3. The maximum atomic E-state index is 12.9. The van der Waals surface area contributed by atoms with Gasteiger partial charge in [-0.05, 0) is 45.0 Å². The van der Waals surface area contributed by atoms with Gasteiger partial charge in [-0.1, -0.05) is 18.2 Å². The van der Waals surface area contributed by atoms with Crippen LogP contribution in [-0.2, 0) is 0 Å². The number of furan rings is 1. The molecule has 0 fully saturated rings. The third kappa shape index (κ3) is 2.97. The summed E-state index contributed by atoms with van der Waals surface area (Å²) in [6.07, 6.45) is 1.78. The molecule has 0 bridgehead atoms. The first-order valence-corrected chi connectivity index (χ1v) is 8.15. The Balaban J connectivity index is 2.11. The third-order valence-electron chi connectivity index (χ3n) is 3.99. The Hall–Kier alpha value is -2.82. The first-order chi connectivity index (χ1) is 11.6. The van der Waals surface area contributed by atoms with E-state index in [4.69, 9.17) is 4.42 Å². The van der Waals surface area contributed by atoms with Crippen LogP contribution in [0.1, 0.15) is 30.0 Å². The van der Waals surface area contributed by atoms with Gasteiger partial charge in [0.05, 0.1) is 11.3 Å². The van der Waals surface area contributed by atoms with Crippen molar-refractivity contribution < 1.29 is 9.21 Å². The number of hydrogen-bond acceptors (Lipinski definition) is 3. The number of para-hydroxylation sites is 1. The maximum Gasteiger partial charge on any atom is 0.257 e. The molecular weight excluding hydrogens is 302 g/mol. The molecule has 24 heavy (non-hydrogen) atoms. The second kappa shape index (κ2) is 6.74. The molecule has 0 spiro atoms. The van der Waals surface area contributed by atoms with E-state index in [-0.39, 0.29) is 5.91 Å². The van der Waals surface area contributed by atoms with E-state index in [1.54, 1.807) is 15.8 Å². The summed E-state index contributed by atoms with van der Waals surface area (Å²) in [6.45, 7) is 7.13. The standard InChI is InChI=1S/C19H21N3O2/c1-4-21(5-2)19(23)16-13-22(15-9-7-6-8-10-15)20-18(16)17-12-11-14(3)24-17/h6-13H,4-5H2,1-3H3. The predicted octanol–water partition coefficient (Wildman–Crippen LogP) is 3.92. The van der Waals surface area contributed by atoms with Crippen LogP contribution in [0.3, 0.4) is 0 Å². The van der Waals surface area contributed by atoms with E-state index >= 15 is 0 Å². The van der Waals surface area contributed by atoms with Crippen LogP contribution in [-0.4, -0.2) is 33.7 Å². The predicted molar refractivity (Wildman–Crippen MR) is 93.3 cm³/mol. The minimum Gasteiger partial charge on any atom is -0.460 e. The number of benzene rings is 1. The highest BCUT2D eigenvalue weighted by molar-refractivity contribution is 5.99. The summed E-state index contributed by atoms with van der Waals surface area (Å²) in [5, 5.41) is 4.61. The highest BCUT2D eigenvalue weighted by atomic mass is 16.3. The van der Waals surface area contributed by atoms with E-state index in [0.29, 0.717) is 30.1 Å². The lowest BCUT2D eigenvalue weighted by Crippen LogP contribution is -2.30. The van der Waals surface area contributed by atoms with Crippen molar-refractivity contribution >= 4 is 5.91 Å². The Bertz CT molecular complexity index is 829. The minimum absolute atomic E-state index is 0.0359. The quantitative estimate of drug-likeness (QED) is 0.715. The van der Waals surface area contributed by atoms with E-state index < -0.39 is 0 Å². The summed E-state index contributed by atoms with van der Waals surface area (Å²) < 4.78 is 7.44. The summed E-state index contributed by atoms with van der Waals surface area (Å²) >= 11 is 0. The molecule has 0 saturated carbocycles. The Morgan fingerprint density at radius 1 is 1.12 bits per heavy atom. The largest absolute Gasteiger partial charge is 0.460 e. The summed E-state index contributed by atoms with van der Waals surface area (Å²) in [5.41, 5.74) is 2.03. The van der Waals surface area contributed by atoms with Crippen LogP contribution >= 0.6 is 0 Å². The Morgan fingerprint density at radius 2 is 1.83 bits per heavy atom. The van der Waals surface area contributed by atoms with E-state index in [1.165, 1.54) is 0 Å². The van der Waals surface area contributed by atoms with Gasteiger partial charge in [0.25, 0.3) is 5.91 Å². The normalized spacial score (nSPS) is 10.8. The molecule has 3 aromatic rings. The van der Waals surface area contributed by atoms with Gasteiger partial charge in [0.15, 0.2) is 5.76 Å². The summed E-state index contributed by atoms with van der Waals surface area (Å²) in [7, 11) is 0. The first-order valence-electron chi connectivity index (χ1n) is 8.15. The fourth-order valence-corrected chi connectivity index (χ4v) is 2.67. The number of aryl methyl sites for hydroxylation is 1. The summed E-state index contributed by atoms with van der Waals surface area (Å²) in [4.78, 5) is 14.7. The molecule has 0 radical (unpaired) electrons. The van der Waals surface area contributed by atoms with Crippen LogP contribution < -0.4 is 0 Å². The molecule has 0 aliphatic heterocycles. The summed E-state index contributed by atoms with van der Waals surface area (Å²) in [6, 6.07) is 13.5. The highest BCUT2D eigenvalue weighted by Gasteiger charge is 2.23. The van der Waals surface area contributed by atoms with Crippen molar-refractivity contribution in [2.45, 2.75) is 20.8 Å². The molecule has 3 rings (SSSR count). The molecule has 5 nitrogen and oxygen atoms in total. The van der Waals surface area contributed by atoms with Crippen LogP contribution in [0, 0.1) is 6.92 Å². The topological polar surface area (TPSA) is 51.3 Å². The number of rotatable bonds is 5. The zero-order valence-electron chi connectivity index (χ0n) is 14.2. The number of carbonyl (C=O) groups excluding carboxylic acids is 1. The van der Waals surface area contributed by atoms with E-state index in [0.717, 1.165) is 11.4 Å². The van der Waals surface area contributed by atoms with Crippen molar-refractivity contribution in [2.75, 3.05) is 13.1 Å². The molecule has 0 saturated heterocycles. The molecule has 0 aliphatic carbocycles. The van der Waals surface area contributed by atoms with Gasteiger partial charge in [0, 0.05) is 19.3 Å². The van der Waals surface area contributed by atoms with Crippen molar-refractivity contribution in [1.82, 2.24) is 14.7 Å². The van der Waals surface area contributed by atoms with Crippen molar-refractivity contribution in [3.8, 4) is 17.1 Å². The van der Waals surface area contributed by atoms with Crippen LogP contribution in [0.5, 0.6) is 0 Å². The van der Waals surface area contributed by atoms with E-state index in [2.05, 4.69) is 5.10 Å². The van der Waals surface area contributed by atoms with Gasteiger partial charge in [-0.25, -0.2) is 4.68 Å². The smallest absolute Gasteiger partial charge is 0.257 e. The van der Waals surface area contributed by atoms with Crippen LogP contribution in [0.4, 0.5) is 0 Å². The Labute approximate surface area is 141 Å². The molecule has 5 heteroatoms. The van der Waals surface area contributed by atoms with Crippen molar-refractivity contribution in [1.29, 1.82) is 0 Å². The highest BCUT2D eigenvalue weighted by Crippen LogP contribution is 2.26. The SMILES string of the molecule is CCN(CC)C(=O)c1cn(-c2ccccc2)nc1-c1ccc(C)o1. The van der Waals surface area contributed by atoms with E-state index in [9.17, 15) is 4.79 Å². The van der Waals surface area contributed by atoms with Crippen LogP contribution in [0.15, 0.2) is 53.1 Å². The molecule has 0 N–H and O–H groups in total. The fraction of sp³-hybridized carbons (Fsp3) is 0.263. The van der Waals surface area contributed by atoms with Crippen molar-refractivity contribution in [2.24, 2.45) is 0 Å². The number of aromatic nitrogens is 2. The maximum absolute atomic E-state index is 12.9. The van der Waals surface area contributed by atoms with Gasteiger partial charge in [-0.3, -0.25) is 4.79 Å². The molecule has 2 aromatic heterocycles. The lowest BCUT2D eigenvalue weighted by Gasteiger charge is -2.17. The molecule has 2 heterocycles. The molecule has 0 atom stereocenters. The average Bonchev–Trinajstić information content (AvgIpc) is 3.23. The molecule has 0 aliphatic rings. The lowest BCUT2D eigenvalue weighted by molar-refractivity contribution is 0.0773. The van der Waals surface area contributed by atoms with Gasteiger partial charge in [-0.15, -0.1) is 0 Å². The third-order valence-corrected chi connectivity index (χ3v) is 3.99. The van der Waals surface area contributed by atoms with Gasteiger partial charge in [0.2, 0.25) is 0 Å². The van der Waals surface area contributed by atoms with E-state index in [1.807, 2.05) is 63.2 Å². The Morgan fingerprint density at radius 3 is 2.42 bits per heavy atom. The molecule has 124 valence electrons. The molecule has 1 amide bonds. The van der Waals surface area contributed by atoms with Gasteiger partial charge >= 0.3 is 0 Å². The fourth-order valence-electron chi connectivity index (χ4n) is 2.67. The second-order valence-electron chi connectivity index (χ2n) is 5.56. The number of carbonyl (C=O) groups is 1. The second-order valence-corrected chi connectivity index (χ2v) is 5.56. The van der Waals surface area contributed by atoms with Crippen LogP contribution in [0.2, 0.25) is 0 Å². The zero-order chi connectivity index (χ0) is 17.1. The monoisotopic (exact) mass is 323 g/mol. The Kier molecular flexibility index (Phi) is 4.51. The minimum atomic E-state index is -0.0359. The van der Waals surface area contributed by atoms with Crippen molar-refractivity contribution in [3.05, 3.63) is 60.0 Å². The molecule has 1 aromatic carbocycles. The number of hydrogen-bond donors (Lipinski definition) is 0. The molecular formula is C19H21N3O2. The average molecular weight is 323 g/mol. The van der Waals surface area contributed by atoms with Gasteiger partial charge in [-0.2, -0.15) is 5.10 Å². The van der Waals surface area contributed by atoms with Crippen LogP contribution in [0.25, 0.3) is 17.1 Å². The summed E-state index contributed by atoms with van der Waals surface area (Å²) in [5.74, 6) is 1.37. The van der Waals surface area contributed by atoms with Gasteiger partial charge < -0.3 is 9.32 Å².